The van der Waals surface area contributed by atoms with Gasteiger partial charge in [0.2, 0.25) is 0 Å². The van der Waals surface area contributed by atoms with E-state index in [0.29, 0.717) is 18.2 Å². The SMILES string of the molecule is CCOc1ccc(Cl)cc1NCc1cc2ccccc2o1. The van der Waals surface area contributed by atoms with Gasteiger partial charge in [-0.15, -0.1) is 0 Å². The second kappa shape index (κ2) is 6.10. The first kappa shape index (κ1) is 13.8. The summed E-state index contributed by atoms with van der Waals surface area (Å²) in [7, 11) is 0. The highest BCUT2D eigenvalue weighted by Gasteiger charge is 2.07. The number of benzene rings is 2. The van der Waals surface area contributed by atoms with Crippen LogP contribution in [-0.2, 0) is 6.54 Å². The lowest BCUT2D eigenvalue weighted by Gasteiger charge is -2.11. The Kier molecular flexibility index (Phi) is 4.02. The molecule has 3 rings (SSSR count). The number of anilines is 1. The van der Waals surface area contributed by atoms with E-state index >= 15 is 0 Å². The van der Waals surface area contributed by atoms with Crippen molar-refractivity contribution in [2.24, 2.45) is 0 Å². The second-order valence-electron chi connectivity index (χ2n) is 4.68. The van der Waals surface area contributed by atoms with Crippen molar-refractivity contribution < 1.29 is 9.15 Å². The highest BCUT2D eigenvalue weighted by atomic mass is 35.5. The predicted octanol–water partition coefficient (Wildman–Crippen LogP) is 5.10. The molecule has 0 fully saturated rings. The van der Waals surface area contributed by atoms with Crippen molar-refractivity contribution in [3.05, 3.63) is 59.3 Å². The maximum Gasteiger partial charge on any atom is 0.142 e. The number of para-hydroxylation sites is 1. The first-order valence-electron chi connectivity index (χ1n) is 6.90. The van der Waals surface area contributed by atoms with Crippen molar-refractivity contribution >= 4 is 28.3 Å². The van der Waals surface area contributed by atoms with Crippen LogP contribution in [0.1, 0.15) is 12.7 Å². The minimum absolute atomic E-state index is 0.578. The molecule has 1 heterocycles. The molecule has 0 unspecified atom stereocenters. The number of ether oxygens (including phenoxy) is 1. The number of rotatable bonds is 5. The summed E-state index contributed by atoms with van der Waals surface area (Å²) in [5, 5.41) is 5.09. The Morgan fingerprint density at radius 3 is 2.81 bits per heavy atom. The molecule has 21 heavy (non-hydrogen) atoms. The Labute approximate surface area is 128 Å². The largest absolute Gasteiger partial charge is 0.492 e. The normalized spacial score (nSPS) is 10.8. The molecule has 0 bridgehead atoms. The van der Waals surface area contributed by atoms with Gasteiger partial charge in [-0.2, -0.15) is 0 Å². The quantitative estimate of drug-likeness (QED) is 0.712. The van der Waals surface area contributed by atoms with Gasteiger partial charge in [0.1, 0.15) is 17.1 Å². The van der Waals surface area contributed by atoms with Crippen molar-refractivity contribution in [2.75, 3.05) is 11.9 Å². The first-order chi connectivity index (χ1) is 10.3. The zero-order chi connectivity index (χ0) is 14.7. The van der Waals surface area contributed by atoms with Gasteiger partial charge in [0.15, 0.2) is 0 Å². The van der Waals surface area contributed by atoms with Crippen molar-refractivity contribution in [3.63, 3.8) is 0 Å². The number of nitrogens with one attached hydrogen (secondary N) is 1. The van der Waals surface area contributed by atoms with Crippen LogP contribution in [0.4, 0.5) is 5.69 Å². The fraction of sp³-hybridized carbons (Fsp3) is 0.176. The van der Waals surface area contributed by atoms with Crippen molar-refractivity contribution in [1.29, 1.82) is 0 Å². The van der Waals surface area contributed by atoms with Gasteiger partial charge in [-0.05, 0) is 37.3 Å². The lowest BCUT2D eigenvalue weighted by atomic mass is 10.2. The van der Waals surface area contributed by atoms with Gasteiger partial charge in [0, 0.05) is 10.4 Å². The van der Waals surface area contributed by atoms with Crippen LogP contribution in [-0.4, -0.2) is 6.61 Å². The van der Waals surface area contributed by atoms with E-state index in [4.69, 9.17) is 20.8 Å². The molecule has 1 N–H and O–H groups in total. The maximum absolute atomic E-state index is 6.04. The predicted molar refractivity (Wildman–Crippen MR) is 86.2 cm³/mol. The molecule has 4 heteroatoms. The number of hydrogen-bond acceptors (Lipinski definition) is 3. The lowest BCUT2D eigenvalue weighted by Crippen LogP contribution is -2.02. The Morgan fingerprint density at radius 1 is 1.14 bits per heavy atom. The molecule has 2 aromatic carbocycles. The van der Waals surface area contributed by atoms with Crippen molar-refractivity contribution in [3.8, 4) is 5.75 Å². The molecule has 0 aliphatic heterocycles. The van der Waals surface area contributed by atoms with Gasteiger partial charge in [-0.25, -0.2) is 0 Å². The van der Waals surface area contributed by atoms with Crippen LogP contribution in [0.2, 0.25) is 5.02 Å². The average Bonchev–Trinajstić information content (AvgIpc) is 2.90. The molecule has 0 aliphatic carbocycles. The summed E-state index contributed by atoms with van der Waals surface area (Å²) >= 11 is 6.04. The number of halogens is 1. The van der Waals surface area contributed by atoms with E-state index in [1.54, 1.807) is 0 Å². The fourth-order valence-electron chi connectivity index (χ4n) is 2.23. The Hall–Kier alpha value is -2.13. The van der Waals surface area contributed by atoms with E-state index in [0.717, 1.165) is 28.2 Å². The molecule has 0 amide bonds. The molecule has 3 aromatic rings. The van der Waals surface area contributed by atoms with Gasteiger partial charge in [-0.3, -0.25) is 0 Å². The Balaban J connectivity index is 1.79. The summed E-state index contributed by atoms with van der Waals surface area (Å²) < 4.78 is 11.4. The van der Waals surface area contributed by atoms with Crippen LogP contribution in [0.3, 0.4) is 0 Å². The number of furan rings is 1. The van der Waals surface area contributed by atoms with Gasteiger partial charge in [-0.1, -0.05) is 29.8 Å². The zero-order valence-corrected chi connectivity index (χ0v) is 12.5. The highest BCUT2D eigenvalue weighted by molar-refractivity contribution is 6.30. The van der Waals surface area contributed by atoms with Crippen LogP contribution in [0.5, 0.6) is 5.75 Å². The van der Waals surface area contributed by atoms with Crippen LogP contribution >= 0.6 is 11.6 Å². The fourth-order valence-corrected chi connectivity index (χ4v) is 2.40. The van der Waals surface area contributed by atoms with Crippen LogP contribution < -0.4 is 10.1 Å². The highest BCUT2D eigenvalue weighted by Crippen LogP contribution is 2.29. The third-order valence-corrected chi connectivity index (χ3v) is 3.41. The van der Waals surface area contributed by atoms with Gasteiger partial charge in [0.05, 0.1) is 18.8 Å². The van der Waals surface area contributed by atoms with E-state index in [9.17, 15) is 0 Å². The van der Waals surface area contributed by atoms with Crippen LogP contribution in [0.15, 0.2) is 52.9 Å². The van der Waals surface area contributed by atoms with Gasteiger partial charge < -0.3 is 14.5 Å². The topological polar surface area (TPSA) is 34.4 Å². The van der Waals surface area contributed by atoms with Crippen LogP contribution in [0.25, 0.3) is 11.0 Å². The number of fused-ring (bicyclic) bond motifs is 1. The molecule has 0 spiro atoms. The molecule has 3 nitrogen and oxygen atoms in total. The minimum atomic E-state index is 0.578. The third-order valence-electron chi connectivity index (χ3n) is 3.17. The number of hydrogen-bond donors (Lipinski definition) is 1. The maximum atomic E-state index is 6.04. The van der Waals surface area contributed by atoms with E-state index in [1.165, 1.54) is 0 Å². The summed E-state index contributed by atoms with van der Waals surface area (Å²) in [5.74, 6) is 1.66. The molecule has 0 aliphatic rings. The Morgan fingerprint density at radius 2 is 2.00 bits per heavy atom. The lowest BCUT2D eigenvalue weighted by molar-refractivity contribution is 0.341. The molecule has 1 aromatic heterocycles. The molecule has 0 atom stereocenters. The monoisotopic (exact) mass is 301 g/mol. The van der Waals surface area contributed by atoms with E-state index in [2.05, 4.69) is 5.32 Å². The van der Waals surface area contributed by atoms with Crippen molar-refractivity contribution in [2.45, 2.75) is 13.5 Å². The molecule has 0 saturated heterocycles. The third kappa shape index (κ3) is 3.14. The average molecular weight is 302 g/mol. The second-order valence-corrected chi connectivity index (χ2v) is 5.11. The van der Waals surface area contributed by atoms with E-state index in [1.807, 2.05) is 55.5 Å². The van der Waals surface area contributed by atoms with E-state index in [-0.39, 0.29) is 0 Å². The standard InChI is InChI=1S/C17H16ClNO2/c1-2-20-17-8-7-13(18)10-15(17)19-11-14-9-12-5-3-4-6-16(12)21-14/h3-10,19H,2,11H2,1H3. The summed E-state index contributed by atoms with van der Waals surface area (Å²) in [6.45, 7) is 3.15. The zero-order valence-electron chi connectivity index (χ0n) is 11.7. The summed E-state index contributed by atoms with van der Waals surface area (Å²) in [4.78, 5) is 0. The molecule has 108 valence electrons. The molecular formula is C17H16ClNO2. The molecule has 0 saturated carbocycles. The minimum Gasteiger partial charge on any atom is -0.492 e. The first-order valence-corrected chi connectivity index (χ1v) is 7.27. The smallest absolute Gasteiger partial charge is 0.142 e. The molecule has 0 radical (unpaired) electrons. The van der Waals surface area contributed by atoms with Crippen LogP contribution in [0, 0.1) is 0 Å². The van der Waals surface area contributed by atoms with Gasteiger partial charge >= 0.3 is 0 Å². The summed E-state index contributed by atoms with van der Waals surface area (Å²) in [6, 6.07) is 15.5. The summed E-state index contributed by atoms with van der Waals surface area (Å²) in [6.07, 6.45) is 0. The van der Waals surface area contributed by atoms with Crippen molar-refractivity contribution in [1.82, 2.24) is 0 Å². The summed E-state index contributed by atoms with van der Waals surface area (Å²) in [5.41, 5.74) is 1.76. The molecular weight excluding hydrogens is 286 g/mol. The Bertz CT molecular complexity index is 718. The van der Waals surface area contributed by atoms with Gasteiger partial charge in [0.25, 0.3) is 0 Å². The van der Waals surface area contributed by atoms with E-state index < -0.39 is 0 Å².